The Morgan fingerprint density at radius 3 is 2.68 bits per heavy atom. The monoisotopic (exact) mass is 269 g/mol. The van der Waals surface area contributed by atoms with Crippen LogP contribution in [0.3, 0.4) is 0 Å². The average molecular weight is 270 g/mol. The fourth-order valence-corrected chi connectivity index (χ4v) is 2.04. The molecule has 0 aliphatic rings. The van der Waals surface area contributed by atoms with Crippen molar-refractivity contribution in [1.29, 1.82) is 0 Å². The molecule has 0 bridgehead atoms. The van der Waals surface area contributed by atoms with E-state index in [0.29, 0.717) is 11.6 Å². The van der Waals surface area contributed by atoms with Crippen LogP contribution in [0.2, 0.25) is 5.02 Å². The van der Waals surface area contributed by atoms with Crippen LogP contribution in [0.15, 0.2) is 60.8 Å². The van der Waals surface area contributed by atoms with Crippen LogP contribution >= 0.6 is 11.6 Å². The lowest BCUT2D eigenvalue weighted by molar-refractivity contribution is 0.306. The number of rotatable bonds is 3. The van der Waals surface area contributed by atoms with E-state index in [2.05, 4.69) is 11.1 Å². The van der Waals surface area contributed by atoms with E-state index in [-0.39, 0.29) is 0 Å². The quantitative estimate of drug-likeness (QED) is 0.700. The van der Waals surface area contributed by atoms with Gasteiger partial charge in [-0.05, 0) is 48.0 Å². The zero-order valence-electron chi connectivity index (χ0n) is 10.2. The molecule has 0 spiro atoms. The van der Waals surface area contributed by atoms with E-state index < -0.39 is 0 Å². The Kier molecular flexibility index (Phi) is 3.34. The van der Waals surface area contributed by atoms with Crippen molar-refractivity contribution in [3.8, 4) is 5.75 Å². The maximum atomic E-state index is 5.83. The van der Waals surface area contributed by atoms with Gasteiger partial charge in [0.1, 0.15) is 12.4 Å². The Labute approximate surface area is 116 Å². The lowest BCUT2D eigenvalue weighted by Gasteiger charge is -2.07. The summed E-state index contributed by atoms with van der Waals surface area (Å²) in [7, 11) is 0. The highest BCUT2D eigenvalue weighted by atomic mass is 35.5. The molecule has 0 aliphatic carbocycles. The van der Waals surface area contributed by atoms with Crippen LogP contribution in [0, 0.1) is 0 Å². The van der Waals surface area contributed by atoms with Crippen molar-refractivity contribution in [2.75, 3.05) is 0 Å². The lowest BCUT2D eigenvalue weighted by Crippen LogP contribution is -1.95. The summed E-state index contributed by atoms with van der Waals surface area (Å²) >= 11 is 5.83. The molecule has 0 radical (unpaired) electrons. The average Bonchev–Trinajstić information content (AvgIpc) is 2.46. The summed E-state index contributed by atoms with van der Waals surface area (Å²) in [5, 5.41) is 1.84. The maximum absolute atomic E-state index is 5.83. The van der Waals surface area contributed by atoms with Crippen molar-refractivity contribution in [2.45, 2.75) is 6.61 Å². The molecule has 0 saturated heterocycles. The normalized spacial score (nSPS) is 10.6. The third kappa shape index (κ3) is 2.85. The van der Waals surface area contributed by atoms with E-state index in [9.17, 15) is 0 Å². The Morgan fingerprint density at radius 2 is 1.84 bits per heavy atom. The Balaban J connectivity index is 1.76. The first kappa shape index (κ1) is 12.0. The Hall–Kier alpha value is -2.06. The number of hydrogen-bond acceptors (Lipinski definition) is 2. The lowest BCUT2D eigenvalue weighted by atomic mass is 10.1. The van der Waals surface area contributed by atoms with Crippen molar-refractivity contribution in [3.63, 3.8) is 0 Å². The largest absolute Gasteiger partial charge is 0.489 e. The minimum Gasteiger partial charge on any atom is -0.489 e. The molecule has 2 nitrogen and oxygen atoms in total. The molecule has 0 aliphatic heterocycles. The number of aromatic nitrogens is 1. The minimum absolute atomic E-state index is 0.534. The Morgan fingerprint density at radius 1 is 1.00 bits per heavy atom. The number of benzene rings is 2. The molecule has 0 atom stereocenters. The molecule has 0 amide bonds. The molecule has 2 aromatic carbocycles. The highest BCUT2D eigenvalue weighted by molar-refractivity contribution is 6.30. The molecule has 0 saturated carbocycles. The van der Waals surface area contributed by atoms with Crippen LogP contribution in [0.1, 0.15) is 5.56 Å². The molecule has 0 fully saturated rings. The van der Waals surface area contributed by atoms with Crippen molar-refractivity contribution in [2.24, 2.45) is 0 Å². The molecule has 3 rings (SSSR count). The number of fused-ring (bicyclic) bond motifs is 1. The van der Waals surface area contributed by atoms with Crippen LogP contribution < -0.4 is 4.74 Å². The maximum Gasteiger partial charge on any atom is 0.119 e. The zero-order chi connectivity index (χ0) is 13.1. The third-order valence-electron chi connectivity index (χ3n) is 2.89. The molecule has 94 valence electrons. The van der Waals surface area contributed by atoms with Gasteiger partial charge in [0.15, 0.2) is 0 Å². The minimum atomic E-state index is 0.534. The highest BCUT2D eigenvalue weighted by Crippen LogP contribution is 2.18. The number of nitrogens with zero attached hydrogens (tertiary/aromatic N) is 1. The molecular formula is C16H12ClNO. The number of ether oxygens (including phenoxy) is 1. The predicted molar refractivity (Wildman–Crippen MR) is 77.5 cm³/mol. The second-order valence-corrected chi connectivity index (χ2v) is 4.71. The van der Waals surface area contributed by atoms with Gasteiger partial charge >= 0.3 is 0 Å². The molecule has 3 aromatic rings. The fraction of sp³-hybridized carbons (Fsp3) is 0.0625. The zero-order valence-corrected chi connectivity index (χ0v) is 11.0. The highest BCUT2D eigenvalue weighted by Gasteiger charge is 1.99. The van der Waals surface area contributed by atoms with Crippen LogP contribution in [-0.4, -0.2) is 4.98 Å². The van der Waals surface area contributed by atoms with Crippen molar-refractivity contribution >= 4 is 22.5 Å². The van der Waals surface area contributed by atoms with Gasteiger partial charge in [-0.15, -0.1) is 0 Å². The SMILES string of the molecule is Clc1ccc(OCc2ccc3ncccc3c2)cc1. The van der Waals surface area contributed by atoms with E-state index in [1.807, 2.05) is 48.5 Å². The summed E-state index contributed by atoms with van der Waals surface area (Å²) in [6.07, 6.45) is 1.80. The van der Waals surface area contributed by atoms with E-state index in [1.165, 1.54) is 0 Å². The van der Waals surface area contributed by atoms with Crippen LogP contribution in [0.25, 0.3) is 10.9 Å². The topological polar surface area (TPSA) is 22.1 Å². The first-order valence-corrected chi connectivity index (χ1v) is 6.41. The molecule has 0 N–H and O–H groups in total. The number of pyridine rings is 1. The second-order valence-electron chi connectivity index (χ2n) is 4.27. The summed E-state index contributed by atoms with van der Waals surface area (Å²) in [4.78, 5) is 4.29. The van der Waals surface area contributed by atoms with Gasteiger partial charge in [0.2, 0.25) is 0 Å². The summed E-state index contributed by atoms with van der Waals surface area (Å²) in [6.45, 7) is 0.534. The van der Waals surface area contributed by atoms with E-state index in [1.54, 1.807) is 6.20 Å². The van der Waals surface area contributed by atoms with Gasteiger partial charge in [-0.2, -0.15) is 0 Å². The Bertz CT molecular complexity index is 694. The first-order chi connectivity index (χ1) is 9.31. The third-order valence-corrected chi connectivity index (χ3v) is 3.14. The van der Waals surface area contributed by atoms with Gasteiger partial charge < -0.3 is 4.74 Å². The van der Waals surface area contributed by atoms with E-state index >= 15 is 0 Å². The predicted octanol–water partition coefficient (Wildman–Crippen LogP) is 4.47. The van der Waals surface area contributed by atoms with Gasteiger partial charge in [-0.25, -0.2) is 0 Å². The van der Waals surface area contributed by atoms with Gasteiger partial charge in [0.25, 0.3) is 0 Å². The fourth-order valence-electron chi connectivity index (χ4n) is 1.91. The number of halogens is 1. The smallest absolute Gasteiger partial charge is 0.119 e. The van der Waals surface area contributed by atoms with Gasteiger partial charge in [0.05, 0.1) is 5.52 Å². The summed E-state index contributed by atoms with van der Waals surface area (Å²) in [5.41, 5.74) is 2.12. The molecule has 19 heavy (non-hydrogen) atoms. The van der Waals surface area contributed by atoms with Crippen molar-refractivity contribution < 1.29 is 4.74 Å². The van der Waals surface area contributed by atoms with Crippen LogP contribution in [0.5, 0.6) is 5.75 Å². The van der Waals surface area contributed by atoms with Crippen molar-refractivity contribution in [3.05, 3.63) is 71.4 Å². The summed E-state index contributed by atoms with van der Waals surface area (Å²) in [6, 6.07) is 17.5. The molecule has 3 heteroatoms. The van der Waals surface area contributed by atoms with Gasteiger partial charge in [-0.1, -0.05) is 23.7 Å². The summed E-state index contributed by atoms with van der Waals surface area (Å²) < 4.78 is 5.72. The first-order valence-electron chi connectivity index (χ1n) is 6.03. The van der Waals surface area contributed by atoms with E-state index in [0.717, 1.165) is 22.2 Å². The molecule has 1 heterocycles. The second kappa shape index (κ2) is 5.29. The van der Waals surface area contributed by atoms with Crippen LogP contribution in [-0.2, 0) is 6.61 Å². The number of hydrogen-bond donors (Lipinski definition) is 0. The molecular weight excluding hydrogens is 258 g/mol. The molecule has 1 aromatic heterocycles. The molecule has 0 unspecified atom stereocenters. The standard InChI is InChI=1S/C16H12ClNO/c17-14-4-6-15(7-5-14)19-11-12-3-8-16-13(10-12)2-1-9-18-16/h1-10H,11H2. The summed E-state index contributed by atoms with van der Waals surface area (Å²) in [5.74, 6) is 0.815. The van der Waals surface area contributed by atoms with Crippen molar-refractivity contribution in [1.82, 2.24) is 4.98 Å². The van der Waals surface area contributed by atoms with Crippen LogP contribution in [0.4, 0.5) is 0 Å². The van der Waals surface area contributed by atoms with Gasteiger partial charge in [0, 0.05) is 16.6 Å². The van der Waals surface area contributed by atoms with E-state index in [4.69, 9.17) is 16.3 Å². The van der Waals surface area contributed by atoms with Gasteiger partial charge in [-0.3, -0.25) is 4.98 Å².